The van der Waals surface area contributed by atoms with Crippen molar-refractivity contribution in [1.29, 1.82) is 0 Å². The second-order valence-corrected chi connectivity index (χ2v) is 21.7. The molecule has 0 fully saturated rings. The number of hydrogen-bond acceptors (Lipinski definition) is 6. The van der Waals surface area contributed by atoms with Gasteiger partial charge in [0.15, 0.2) is 6.10 Å². The topological polar surface area (TPSA) is 78.9 Å². The predicted molar refractivity (Wildman–Crippen MR) is 307 cm³/mol. The Morgan fingerprint density at radius 3 is 0.817 bits per heavy atom. The van der Waals surface area contributed by atoms with Gasteiger partial charge in [0, 0.05) is 19.3 Å². The van der Waals surface area contributed by atoms with Gasteiger partial charge in [-0.1, -0.05) is 315 Å². The van der Waals surface area contributed by atoms with Crippen LogP contribution in [0, 0.1) is 0 Å². The fourth-order valence-electron chi connectivity index (χ4n) is 9.64. The molecule has 1 atom stereocenters. The van der Waals surface area contributed by atoms with Crippen LogP contribution in [0.5, 0.6) is 0 Å². The third-order valence-electron chi connectivity index (χ3n) is 14.5. The first-order valence-electron chi connectivity index (χ1n) is 31.8. The van der Waals surface area contributed by atoms with Crippen LogP contribution in [0.15, 0.2) is 24.3 Å². The first-order valence-corrected chi connectivity index (χ1v) is 31.8. The maximum atomic E-state index is 12.8. The van der Waals surface area contributed by atoms with Crippen LogP contribution < -0.4 is 0 Å². The number of esters is 3. The van der Waals surface area contributed by atoms with E-state index in [4.69, 9.17) is 14.2 Å². The predicted octanol–water partition coefficient (Wildman–Crippen LogP) is 21.4. The molecule has 0 aromatic heterocycles. The molecule has 71 heavy (non-hydrogen) atoms. The highest BCUT2D eigenvalue weighted by atomic mass is 16.6. The fourth-order valence-corrected chi connectivity index (χ4v) is 9.64. The van der Waals surface area contributed by atoms with E-state index in [0.717, 1.165) is 83.5 Å². The molecule has 0 aromatic carbocycles. The van der Waals surface area contributed by atoms with Crippen molar-refractivity contribution in [3.05, 3.63) is 24.3 Å². The van der Waals surface area contributed by atoms with Crippen molar-refractivity contribution in [2.24, 2.45) is 0 Å². The van der Waals surface area contributed by atoms with Gasteiger partial charge in [0.1, 0.15) is 13.2 Å². The van der Waals surface area contributed by atoms with E-state index in [1.165, 1.54) is 231 Å². The third-order valence-corrected chi connectivity index (χ3v) is 14.5. The zero-order chi connectivity index (χ0) is 51.4. The third kappa shape index (κ3) is 58.7. The number of unbranched alkanes of at least 4 members (excludes halogenated alkanes) is 44. The number of rotatable bonds is 59. The van der Waals surface area contributed by atoms with Gasteiger partial charge in [-0.2, -0.15) is 0 Å². The van der Waals surface area contributed by atoms with Gasteiger partial charge in [0.2, 0.25) is 0 Å². The standard InChI is InChI=1S/C65H122O6/c1-4-7-10-13-16-18-20-22-24-25-26-27-28-29-30-31-32-33-34-35-36-37-38-39-40-41-43-44-46-49-52-55-58-64(67)70-61-62(60-69-63(66)57-54-51-48-15-12-9-6-3)71-65(68)59-56-53-50-47-45-42-23-21-19-17-14-11-8-5-2/h14,17,21,23,62H,4-13,15-16,18-20,22,24-61H2,1-3H3/b17-14-,23-21-. The molecule has 0 amide bonds. The zero-order valence-corrected chi connectivity index (χ0v) is 48.0. The fraction of sp³-hybridized carbons (Fsp3) is 0.892. The second-order valence-electron chi connectivity index (χ2n) is 21.7. The van der Waals surface area contributed by atoms with Gasteiger partial charge < -0.3 is 14.2 Å². The van der Waals surface area contributed by atoms with Crippen LogP contribution in [0.3, 0.4) is 0 Å². The highest BCUT2D eigenvalue weighted by Crippen LogP contribution is 2.18. The maximum absolute atomic E-state index is 12.8. The summed E-state index contributed by atoms with van der Waals surface area (Å²) >= 11 is 0. The van der Waals surface area contributed by atoms with Crippen molar-refractivity contribution < 1.29 is 28.6 Å². The molecule has 0 spiro atoms. The molecule has 0 radical (unpaired) electrons. The maximum Gasteiger partial charge on any atom is 0.306 e. The minimum atomic E-state index is -0.772. The summed E-state index contributed by atoms with van der Waals surface area (Å²) in [7, 11) is 0. The number of allylic oxidation sites excluding steroid dienone is 4. The molecule has 0 saturated carbocycles. The summed E-state index contributed by atoms with van der Waals surface area (Å²) in [5.41, 5.74) is 0. The molecule has 0 aliphatic heterocycles. The minimum absolute atomic E-state index is 0.0725. The van der Waals surface area contributed by atoms with E-state index in [9.17, 15) is 14.4 Å². The molecule has 0 aromatic rings. The molecule has 6 heteroatoms. The lowest BCUT2D eigenvalue weighted by molar-refractivity contribution is -0.167. The van der Waals surface area contributed by atoms with Crippen LogP contribution in [-0.2, 0) is 28.6 Å². The van der Waals surface area contributed by atoms with E-state index in [1.54, 1.807) is 0 Å². The molecule has 0 aliphatic rings. The van der Waals surface area contributed by atoms with Crippen molar-refractivity contribution in [3.63, 3.8) is 0 Å². The highest BCUT2D eigenvalue weighted by Gasteiger charge is 2.19. The average Bonchev–Trinajstić information content (AvgIpc) is 3.37. The van der Waals surface area contributed by atoms with Crippen LogP contribution >= 0.6 is 0 Å². The zero-order valence-electron chi connectivity index (χ0n) is 48.0. The van der Waals surface area contributed by atoms with Crippen LogP contribution in [-0.4, -0.2) is 37.2 Å². The largest absolute Gasteiger partial charge is 0.462 e. The number of carbonyl (C=O) groups is 3. The molecule has 0 N–H and O–H groups in total. The van der Waals surface area contributed by atoms with Crippen molar-refractivity contribution in [2.45, 2.75) is 361 Å². The molecule has 0 bridgehead atoms. The smallest absolute Gasteiger partial charge is 0.306 e. The van der Waals surface area contributed by atoms with Gasteiger partial charge in [0.05, 0.1) is 0 Å². The van der Waals surface area contributed by atoms with Gasteiger partial charge >= 0.3 is 17.9 Å². The summed E-state index contributed by atoms with van der Waals surface area (Å²) in [6.07, 6.45) is 72.4. The van der Waals surface area contributed by atoms with E-state index in [-0.39, 0.29) is 31.1 Å². The SMILES string of the molecule is CCCC/C=C\C/C=C\CCCCCCCC(=O)OC(COC(=O)CCCCCCCCC)COC(=O)CCCCCCCCCCCCCCCCCCCCCCCCCCCCCCCCCC. The summed E-state index contributed by atoms with van der Waals surface area (Å²) in [4.78, 5) is 37.9. The Bertz CT molecular complexity index is 1150. The van der Waals surface area contributed by atoms with Gasteiger partial charge in [-0.15, -0.1) is 0 Å². The second kappa shape index (κ2) is 60.4. The van der Waals surface area contributed by atoms with Gasteiger partial charge in [-0.3, -0.25) is 14.4 Å². The molecular weight excluding hydrogens is 877 g/mol. The Morgan fingerprint density at radius 2 is 0.521 bits per heavy atom. The van der Waals surface area contributed by atoms with E-state index >= 15 is 0 Å². The lowest BCUT2D eigenvalue weighted by Gasteiger charge is -2.18. The summed E-state index contributed by atoms with van der Waals surface area (Å²) in [5, 5.41) is 0. The summed E-state index contributed by atoms with van der Waals surface area (Å²) < 4.78 is 16.8. The van der Waals surface area contributed by atoms with Crippen LogP contribution in [0.2, 0.25) is 0 Å². The lowest BCUT2D eigenvalue weighted by Crippen LogP contribution is -2.30. The van der Waals surface area contributed by atoms with E-state index in [0.29, 0.717) is 19.3 Å². The van der Waals surface area contributed by atoms with Crippen LogP contribution in [0.4, 0.5) is 0 Å². The number of hydrogen-bond donors (Lipinski definition) is 0. The van der Waals surface area contributed by atoms with Crippen molar-refractivity contribution in [3.8, 4) is 0 Å². The summed E-state index contributed by atoms with van der Waals surface area (Å²) in [6.45, 7) is 6.59. The quantitative estimate of drug-likeness (QED) is 0.0261. The number of ether oxygens (including phenoxy) is 3. The van der Waals surface area contributed by atoms with Gasteiger partial charge in [-0.25, -0.2) is 0 Å². The van der Waals surface area contributed by atoms with Crippen LogP contribution in [0.1, 0.15) is 355 Å². The average molecular weight is 1000 g/mol. The Balaban J connectivity index is 3.93. The van der Waals surface area contributed by atoms with Crippen LogP contribution in [0.25, 0.3) is 0 Å². The molecule has 0 aliphatic carbocycles. The molecule has 418 valence electrons. The number of carbonyl (C=O) groups excluding carboxylic acids is 3. The Hall–Kier alpha value is -2.11. The van der Waals surface area contributed by atoms with E-state index in [2.05, 4.69) is 45.1 Å². The summed E-state index contributed by atoms with van der Waals surface area (Å²) in [6, 6.07) is 0. The normalized spacial score (nSPS) is 12.1. The van der Waals surface area contributed by atoms with Crippen molar-refractivity contribution >= 4 is 17.9 Å². The van der Waals surface area contributed by atoms with Crippen molar-refractivity contribution in [2.75, 3.05) is 13.2 Å². The Kier molecular flexibility index (Phi) is 58.6. The molecule has 1 unspecified atom stereocenters. The first-order chi connectivity index (χ1) is 35.0. The Morgan fingerprint density at radius 1 is 0.282 bits per heavy atom. The molecule has 0 saturated heterocycles. The van der Waals surface area contributed by atoms with E-state index < -0.39 is 6.10 Å². The molecular formula is C65H122O6. The molecule has 6 nitrogen and oxygen atoms in total. The highest BCUT2D eigenvalue weighted by molar-refractivity contribution is 5.71. The monoisotopic (exact) mass is 999 g/mol. The van der Waals surface area contributed by atoms with Gasteiger partial charge in [0.25, 0.3) is 0 Å². The Labute approximate surface area is 443 Å². The summed E-state index contributed by atoms with van der Waals surface area (Å²) in [5.74, 6) is -0.875. The lowest BCUT2D eigenvalue weighted by atomic mass is 10.0. The van der Waals surface area contributed by atoms with Crippen molar-refractivity contribution in [1.82, 2.24) is 0 Å². The van der Waals surface area contributed by atoms with Gasteiger partial charge in [-0.05, 0) is 44.9 Å². The molecule has 0 rings (SSSR count). The molecule has 0 heterocycles. The minimum Gasteiger partial charge on any atom is -0.462 e. The van der Waals surface area contributed by atoms with E-state index in [1.807, 2.05) is 0 Å². The first kappa shape index (κ1) is 68.9.